The zero-order chi connectivity index (χ0) is 19.3. The Kier molecular flexibility index (Phi) is 6.18. The van der Waals surface area contributed by atoms with Gasteiger partial charge in [0.2, 0.25) is 18.6 Å². The molecule has 0 saturated carbocycles. The Morgan fingerprint density at radius 2 is 1.78 bits per heavy atom. The lowest BCUT2D eigenvalue weighted by Gasteiger charge is -2.27. The van der Waals surface area contributed by atoms with Crippen LogP contribution >= 0.6 is 0 Å². The van der Waals surface area contributed by atoms with Crippen molar-refractivity contribution in [2.24, 2.45) is 5.41 Å². The molecule has 2 heterocycles. The van der Waals surface area contributed by atoms with E-state index in [1.807, 2.05) is 18.2 Å². The SMILES string of the molecule is CC(C)(C(=O)NCCN1CCOCC1)C(=O)NCc1ccc2c(c1)OCO2. The molecular formula is C19H27N3O5. The molecule has 8 nitrogen and oxygen atoms in total. The van der Waals surface area contributed by atoms with Crippen molar-refractivity contribution in [2.75, 3.05) is 46.2 Å². The number of carbonyl (C=O) groups excluding carboxylic acids is 2. The van der Waals surface area contributed by atoms with E-state index in [2.05, 4.69) is 15.5 Å². The predicted molar refractivity (Wildman–Crippen MR) is 98.5 cm³/mol. The first-order chi connectivity index (χ1) is 13.0. The molecule has 3 rings (SSSR count). The van der Waals surface area contributed by atoms with Crippen molar-refractivity contribution in [3.8, 4) is 11.5 Å². The van der Waals surface area contributed by atoms with Gasteiger partial charge in [-0.3, -0.25) is 14.5 Å². The molecule has 8 heteroatoms. The number of hydrogen-bond acceptors (Lipinski definition) is 6. The van der Waals surface area contributed by atoms with E-state index >= 15 is 0 Å². The van der Waals surface area contributed by atoms with Gasteiger partial charge in [-0.25, -0.2) is 0 Å². The van der Waals surface area contributed by atoms with Gasteiger partial charge in [-0.15, -0.1) is 0 Å². The van der Waals surface area contributed by atoms with Crippen LogP contribution in [-0.2, 0) is 20.9 Å². The van der Waals surface area contributed by atoms with Crippen LogP contribution in [0.1, 0.15) is 19.4 Å². The second kappa shape index (κ2) is 8.58. The third kappa shape index (κ3) is 4.90. The van der Waals surface area contributed by atoms with Crippen molar-refractivity contribution in [2.45, 2.75) is 20.4 Å². The smallest absolute Gasteiger partial charge is 0.235 e. The average Bonchev–Trinajstić information content (AvgIpc) is 3.14. The Hall–Kier alpha value is -2.32. The maximum atomic E-state index is 12.5. The number of morpholine rings is 1. The number of benzene rings is 1. The van der Waals surface area contributed by atoms with Gasteiger partial charge in [-0.05, 0) is 31.5 Å². The van der Waals surface area contributed by atoms with Crippen LogP contribution < -0.4 is 20.1 Å². The number of fused-ring (bicyclic) bond motifs is 1. The van der Waals surface area contributed by atoms with Gasteiger partial charge in [-0.2, -0.15) is 0 Å². The molecule has 1 saturated heterocycles. The summed E-state index contributed by atoms with van der Waals surface area (Å²) >= 11 is 0. The predicted octanol–water partition coefficient (Wildman–Crippen LogP) is 0.506. The summed E-state index contributed by atoms with van der Waals surface area (Å²) in [6.45, 7) is 8.25. The van der Waals surface area contributed by atoms with Gasteiger partial charge in [0, 0.05) is 32.7 Å². The number of amides is 2. The lowest BCUT2D eigenvalue weighted by atomic mass is 9.91. The van der Waals surface area contributed by atoms with Gasteiger partial charge in [0.25, 0.3) is 0 Å². The van der Waals surface area contributed by atoms with Crippen molar-refractivity contribution in [1.82, 2.24) is 15.5 Å². The molecule has 1 aromatic rings. The lowest BCUT2D eigenvalue weighted by molar-refractivity contribution is -0.141. The van der Waals surface area contributed by atoms with E-state index in [1.165, 1.54) is 0 Å². The molecule has 2 aliphatic rings. The first-order valence-electron chi connectivity index (χ1n) is 9.22. The van der Waals surface area contributed by atoms with Crippen molar-refractivity contribution in [3.63, 3.8) is 0 Å². The van der Waals surface area contributed by atoms with Crippen LogP contribution in [0.4, 0.5) is 0 Å². The fourth-order valence-corrected chi connectivity index (χ4v) is 2.93. The second-order valence-corrected chi connectivity index (χ2v) is 7.21. The maximum absolute atomic E-state index is 12.5. The highest BCUT2D eigenvalue weighted by molar-refractivity contribution is 6.04. The minimum Gasteiger partial charge on any atom is -0.454 e. The molecule has 148 valence electrons. The van der Waals surface area contributed by atoms with E-state index in [9.17, 15) is 9.59 Å². The molecule has 0 bridgehead atoms. The summed E-state index contributed by atoms with van der Waals surface area (Å²) in [4.78, 5) is 27.2. The lowest BCUT2D eigenvalue weighted by Crippen LogP contribution is -2.49. The first kappa shape index (κ1) is 19.4. The summed E-state index contributed by atoms with van der Waals surface area (Å²) in [5.41, 5.74) is -0.266. The Morgan fingerprint density at radius 1 is 1.07 bits per heavy atom. The summed E-state index contributed by atoms with van der Waals surface area (Å²) in [6, 6.07) is 5.51. The van der Waals surface area contributed by atoms with Gasteiger partial charge in [0.15, 0.2) is 11.5 Å². The average molecular weight is 377 g/mol. The van der Waals surface area contributed by atoms with Gasteiger partial charge < -0.3 is 24.8 Å². The van der Waals surface area contributed by atoms with E-state index in [1.54, 1.807) is 13.8 Å². The van der Waals surface area contributed by atoms with Crippen LogP contribution in [-0.4, -0.2) is 62.9 Å². The molecule has 27 heavy (non-hydrogen) atoms. The van der Waals surface area contributed by atoms with E-state index in [-0.39, 0.29) is 18.6 Å². The first-order valence-corrected chi connectivity index (χ1v) is 9.22. The standard InChI is InChI=1S/C19H27N3O5/c1-19(2,17(23)20-5-6-22-7-9-25-10-8-22)18(24)21-12-14-3-4-15-16(11-14)27-13-26-15/h3-4,11H,5-10,12-13H2,1-2H3,(H,20,23)(H,21,24). The monoisotopic (exact) mass is 377 g/mol. The second-order valence-electron chi connectivity index (χ2n) is 7.21. The summed E-state index contributed by atoms with van der Waals surface area (Å²) in [5, 5.41) is 5.69. The van der Waals surface area contributed by atoms with Crippen molar-refractivity contribution in [3.05, 3.63) is 23.8 Å². The van der Waals surface area contributed by atoms with Gasteiger partial charge >= 0.3 is 0 Å². The molecule has 0 aromatic heterocycles. The Labute approximate surface area is 159 Å². The largest absolute Gasteiger partial charge is 0.454 e. The zero-order valence-corrected chi connectivity index (χ0v) is 15.9. The number of rotatable bonds is 7. The van der Waals surface area contributed by atoms with Crippen LogP contribution in [0.25, 0.3) is 0 Å². The molecule has 2 amide bonds. The summed E-state index contributed by atoms with van der Waals surface area (Å²) < 4.78 is 15.9. The molecule has 1 aromatic carbocycles. The van der Waals surface area contributed by atoms with Gasteiger partial charge in [0.05, 0.1) is 13.2 Å². The Balaban J connectivity index is 1.44. The molecule has 1 fully saturated rings. The minimum atomic E-state index is -1.15. The fourth-order valence-electron chi connectivity index (χ4n) is 2.93. The topological polar surface area (TPSA) is 89.1 Å². The number of carbonyl (C=O) groups is 2. The molecule has 2 N–H and O–H groups in total. The summed E-state index contributed by atoms with van der Waals surface area (Å²) in [6.07, 6.45) is 0. The highest BCUT2D eigenvalue weighted by Crippen LogP contribution is 2.32. The molecule has 0 radical (unpaired) electrons. The van der Waals surface area contributed by atoms with Gasteiger partial charge in [0.1, 0.15) is 5.41 Å². The molecule has 0 atom stereocenters. The van der Waals surface area contributed by atoms with Crippen molar-refractivity contribution >= 4 is 11.8 Å². The Morgan fingerprint density at radius 3 is 2.56 bits per heavy atom. The molecular weight excluding hydrogens is 350 g/mol. The van der Waals surface area contributed by atoms with Crippen LogP contribution in [0, 0.1) is 5.41 Å². The van der Waals surface area contributed by atoms with Crippen LogP contribution in [0.2, 0.25) is 0 Å². The van der Waals surface area contributed by atoms with Crippen LogP contribution in [0.15, 0.2) is 18.2 Å². The quantitative estimate of drug-likeness (QED) is 0.673. The number of nitrogens with one attached hydrogen (secondary N) is 2. The number of hydrogen-bond donors (Lipinski definition) is 2. The molecule has 0 spiro atoms. The third-order valence-electron chi connectivity index (χ3n) is 4.84. The summed E-state index contributed by atoms with van der Waals surface area (Å²) in [7, 11) is 0. The normalized spacial score (nSPS) is 16.8. The van der Waals surface area contributed by atoms with E-state index in [0.29, 0.717) is 24.6 Å². The Bertz CT molecular complexity index is 686. The minimum absolute atomic E-state index is 0.211. The van der Waals surface area contributed by atoms with Crippen LogP contribution in [0.3, 0.4) is 0 Å². The third-order valence-corrected chi connectivity index (χ3v) is 4.84. The highest BCUT2D eigenvalue weighted by Gasteiger charge is 2.35. The highest BCUT2D eigenvalue weighted by atomic mass is 16.7. The van der Waals surface area contributed by atoms with Crippen molar-refractivity contribution < 1.29 is 23.8 Å². The number of ether oxygens (including phenoxy) is 3. The van der Waals surface area contributed by atoms with E-state index in [0.717, 1.165) is 38.4 Å². The maximum Gasteiger partial charge on any atom is 0.235 e. The summed E-state index contributed by atoms with van der Waals surface area (Å²) in [5.74, 6) is 0.773. The van der Waals surface area contributed by atoms with E-state index in [4.69, 9.17) is 14.2 Å². The fraction of sp³-hybridized carbons (Fsp3) is 0.579. The van der Waals surface area contributed by atoms with Gasteiger partial charge in [-0.1, -0.05) is 6.07 Å². The number of nitrogens with zero attached hydrogens (tertiary/aromatic N) is 1. The van der Waals surface area contributed by atoms with Crippen LogP contribution in [0.5, 0.6) is 11.5 Å². The molecule has 0 unspecified atom stereocenters. The van der Waals surface area contributed by atoms with E-state index < -0.39 is 5.41 Å². The molecule has 2 aliphatic heterocycles. The molecule has 0 aliphatic carbocycles. The van der Waals surface area contributed by atoms with Crippen molar-refractivity contribution in [1.29, 1.82) is 0 Å². The zero-order valence-electron chi connectivity index (χ0n) is 15.9.